The molecule has 0 amide bonds. The molecule has 0 fully saturated rings. The molecule has 0 bridgehead atoms. The number of H-pyrrole nitrogens is 1. The van der Waals surface area contributed by atoms with Crippen LogP contribution in [0.3, 0.4) is 0 Å². The molecule has 2 aromatic rings. The van der Waals surface area contributed by atoms with E-state index in [4.69, 9.17) is 10.5 Å². The molecule has 6 N–H and O–H groups in total. The number of thioether (sulfide) groups is 1. The number of rotatable bonds is 6. The van der Waals surface area contributed by atoms with Crippen LogP contribution in [-0.4, -0.2) is 49.6 Å². The van der Waals surface area contributed by atoms with Gasteiger partial charge in [-0.25, -0.2) is 4.79 Å². The smallest absolute Gasteiger partial charge is 0.329 e. The Morgan fingerprint density at radius 3 is 2.59 bits per heavy atom. The molecule has 0 radical (unpaired) electrons. The molecule has 1 aliphatic heterocycles. The molecule has 29 heavy (non-hydrogen) atoms. The summed E-state index contributed by atoms with van der Waals surface area (Å²) >= 11 is 0.934. The van der Waals surface area contributed by atoms with Crippen LogP contribution in [0.15, 0.2) is 56.8 Å². The van der Waals surface area contributed by atoms with Gasteiger partial charge in [-0.1, -0.05) is 23.9 Å². The van der Waals surface area contributed by atoms with Gasteiger partial charge in [0.2, 0.25) is 0 Å². The van der Waals surface area contributed by atoms with E-state index < -0.39 is 40.5 Å². The number of aliphatic hydroxyl groups excluding tert-OH is 2. The van der Waals surface area contributed by atoms with Crippen molar-refractivity contribution in [2.24, 2.45) is 5.73 Å². The third kappa shape index (κ3) is 4.70. The molecular formula is C18H19N3O7S. The monoisotopic (exact) mass is 421 g/mol. The molecule has 0 saturated heterocycles. The van der Waals surface area contributed by atoms with Crippen molar-refractivity contribution in [1.29, 1.82) is 0 Å². The summed E-state index contributed by atoms with van der Waals surface area (Å²) in [6.45, 7) is -0.329. The fourth-order valence-corrected chi connectivity index (χ4v) is 3.93. The minimum Gasteiger partial charge on any atom is -0.508 e. The van der Waals surface area contributed by atoms with Gasteiger partial charge in [-0.05, 0) is 24.1 Å². The van der Waals surface area contributed by atoms with Gasteiger partial charge in [0.25, 0.3) is 5.56 Å². The summed E-state index contributed by atoms with van der Waals surface area (Å²) in [5, 5.41) is 28.7. The van der Waals surface area contributed by atoms with Crippen molar-refractivity contribution in [3.05, 3.63) is 73.6 Å². The Kier molecular flexibility index (Phi) is 6.11. The molecule has 10 nitrogen and oxygen atoms in total. The predicted octanol–water partition coefficient (Wildman–Crippen LogP) is -0.269. The van der Waals surface area contributed by atoms with E-state index in [1.54, 1.807) is 12.1 Å². The SMILES string of the molecule is N[C@H](Cc1ccc(O)cc1)C(=O)OCC1=C(O)C(O)[C@H](n2ccc(=O)[nH]c2=O)S1. The van der Waals surface area contributed by atoms with Crippen molar-refractivity contribution < 1.29 is 24.9 Å². The van der Waals surface area contributed by atoms with Gasteiger partial charge in [0, 0.05) is 12.3 Å². The molecule has 1 unspecified atom stereocenters. The molecule has 3 atom stereocenters. The number of phenols is 1. The summed E-state index contributed by atoms with van der Waals surface area (Å²) in [4.78, 5) is 37.5. The summed E-state index contributed by atoms with van der Waals surface area (Å²) in [6, 6.07) is 6.37. The number of carbonyl (C=O) groups is 1. The fourth-order valence-electron chi connectivity index (χ4n) is 2.73. The highest BCUT2D eigenvalue weighted by Crippen LogP contribution is 2.43. The zero-order chi connectivity index (χ0) is 21.1. The quantitative estimate of drug-likeness (QED) is 0.394. The van der Waals surface area contributed by atoms with Gasteiger partial charge >= 0.3 is 11.7 Å². The Morgan fingerprint density at radius 1 is 1.24 bits per heavy atom. The molecule has 3 rings (SSSR count). The number of benzene rings is 1. The largest absolute Gasteiger partial charge is 0.508 e. The van der Waals surface area contributed by atoms with E-state index >= 15 is 0 Å². The predicted molar refractivity (Wildman–Crippen MR) is 104 cm³/mol. The Balaban J connectivity index is 1.61. The maximum Gasteiger partial charge on any atom is 0.329 e. The van der Waals surface area contributed by atoms with Crippen molar-refractivity contribution in [2.45, 2.75) is 23.9 Å². The minimum absolute atomic E-state index is 0.0975. The normalized spacial score (nSPS) is 19.9. The van der Waals surface area contributed by atoms with Gasteiger partial charge in [-0.2, -0.15) is 0 Å². The van der Waals surface area contributed by atoms with Gasteiger partial charge in [0.05, 0.1) is 4.91 Å². The van der Waals surface area contributed by atoms with Crippen molar-refractivity contribution in [1.82, 2.24) is 9.55 Å². The molecule has 154 valence electrons. The number of nitrogens with zero attached hydrogens (tertiary/aromatic N) is 1. The number of hydrogen-bond donors (Lipinski definition) is 5. The first-order valence-corrected chi connectivity index (χ1v) is 9.42. The van der Waals surface area contributed by atoms with E-state index in [-0.39, 0.29) is 23.7 Å². The fraction of sp³-hybridized carbons (Fsp3) is 0.278. The topological polar surface area (TPSA) is 168 Å². The Morgan fingerprint density at radius 2 is 1.93 bits per heavy atom. The first kappa shape index (κ1) is 20.7. The number of ether oxygens (including phenoxy) is 1. The summed E-state index contributed by atoms with van der Waals surface area (Å²) in [6.07, 6.45) is -0.0179. The average molecular weight is 421 g/mol. The number of aromatic hydroxyl groups is 1. The molecule has 11 heteroatoms. The van der Waals surface area contributed by atoms with E-state index in [1.165, 1.54) is 18.3 Å². The Hall–Kier alpha value is -3.02. The highest BCUT2D eigenvalue weighted by molar-refractivity contribution is 8.03. The molecule has 0 spiro atoms. The molecule has 1 aromatic heterocycles. The molecule has 1 aromatic carbocycles. The van der Waals surface area contributed by atoms with E-state index in [0.29, 0.717) is 0 Å². The van der Waals surface area contributed by atoms with Crippen LogP contribution >= 0.6 is 11.8 Å². The number of aliphatic hydroxyl groups is 2. The first-order valence-electron chi connectivity index (χ1n) is 8.54. The van der Waals surface area contributed by atoms with E-state index in [9.17, 15) is 29.7 Å². The second-order valence-electron chi connectivity index (χ2n) is 6.36. The summed E-state index contributed by atoms with van der Waals surface area (Å²) in [7, 11) is 0. The number of nitrogens with one attached hydrogen (secondary N) is 1. The highest BCUT2D eigenvalue weighted by Gasteiger charge is 2.37. The van der Waals surface area contributed by atoms with Gasteiger partial charge < -0.3 is 25.8 Å². The van der Waals surface area contributed by atoms with Crippen LogP contribution in [0.1, 0.15) is 10.9 Å². The molecule has 0 aliphatic carbocycles. The summed E-state index contributed by atoms with van der Waals surface area (Å²) in [5.41, 5.74) is 5.24. The third-order valence-electron chi connectivity index (χ3n) is 4.26. The van der Waals surface area contributed by atoms with Crippen LogP contribution < -0.4 is 17.0 Å². The molecular weight excluding hydrogens is 402 g/mol. The minimum atomic E-state index is -1.41. The van der Waals surface area contributed by atoms with Crippen molar-refractivity contribution >= 4 is 17.7 Å². The summed E-state index contributed by atoms with van der Waals surface area (Å²) in [5.74, 6) is -1.03. The lowest BCUT2D eigenvalue weighted by Gasteiger charge is -2.16. The number of nitrogens with two attached hydrogens (primary N) is 1. The van der Waals surface area contributed by atoms with Crippen molar-refractivity contribution in [3.8, 4) is 5.75 Å². The number of aromatic nitrogens is 2. The van der Waals surface area contributed by atoms with Crippen LogP contribution in [0.2, 0.25) is 0 Å². The Labute approximate surface area is 168 Å². The maximum atomic E-state index is 12.1. The number of phenolic OH excluding ortho intramolecular Hbond substituents is 1. The zero-order valence-electron chi connectivity index (χ0n) is 15.0. The van der Waals surface area contributed by atoms with Crippen molar-refractivity contribution in [3.63, 3.8) is 0 Å². The zero-order valence-corrected chi connectivity index (χ0v) is 15.8. The second-order valence-corrected chi connectivity index (χ2v) is 7.58. The molecule has 2 heterocycles. The molecule has 0 saturated carbocycles. The van der Waals surface area contributed by atoms with E-state index in [0.717, 1.165) is 28.0 Å². The van der Waals surface area contributed by atoms with Crippen LogP contribution in [-0.2, 0) is 16.0 Å². The highest BCUT2D eigenvalue weighted by atomic mass is 32.2. The number of aromatic amines is 1. The van der Waals surface area contributed by atoms with Crippen LogP contribution in [0.25, 0.3) is 0 Å². The lowest BCUT2D eigenvalue weighted by molar-refractivity contribution is -0.144. The van der Waals surface area contributed by atoms with Gasteiger partial charge in [0.1, 0.15) is 35.6 Å². The van der Waals surface area contributed by atoms with Crippen molar-refractivity contribution in [2.75, 3.05) is 6.61 Å². The van der Waals surface area contributed by atoms with E-state index in [2.05, 4.69) is 4.98 Å². The summed E-state index contributed by atoms with van der Waals surface area (Å²) < 4.78 is 6.20. The van der Waals surface area contributed by atoms with E-state index in [1.807, 2.05) is 0 Å². The number of carbonyl (C=O) groups excluding carboxylic acids is 1. The lowest BCUT2D eigenvalue weighted by atomic mass is 10.1. The van der Waals surface area contributed by atoms with Gasteiger partial charge in [0.15, 0.2) is 0 Å². The van der Waals surface area contributed by atoms with Crippen LogP contribution in [0.5, 0.6) is 5.75 Å². The van der Waals surface area contributed by atoms with Gasteiger partial charge in [-0.3, -0.25) is 19.1 Å². The third-order valence-corrected chi connectivity index (χ3v) is 5.60. The second kappa shape index (κ2) is 8.55. The lowest BCUT2D eigenvalue weighted by Crippen LogP contribution is -2.34. The number of esters is 1. The Bertz CT molecular complexity index is 1040. The standard InChI is InChI=1S/C18H19N3O7S/c19-11(7-9-1-3-10(22)4-2-9)17(26)28-8-12-14(24)15(25)16(29-12)21-6-5-13(23)20-18(21)27/h1-6,11,15-16,22,24-25H,7-8,19H2,(H,20,23,27)/t11-,15?,16-/m1/s1. The number of hydrogen-bond acceptors (Lipinski definition) is 9. The average Bonchev–Trinajstić information content (AvgIpc) is 2.96. The first-order chi connectivity index (χ1) is 13.8. The van der Waals surface area contributed by atoms with Gasteiger partial charge in [-0.15, -0.1) is 0 Å². The van der Waals surface area contributed by atoms with Crippen LogP contribution in [0.4, 0.5) is 0 Å². The van der Waals surface area contributed by atoms with Crippen LogP contribution in [0, 0.1) is 0 Å². The molecule has 1 aliphatic rings. The maximum absolute atomic E-state index is 12.1.